The number of anilines is 1. The molecule has 18 heavy (non-hydrogen) atoms. The van der Waals surface area contributed by atoms with Crippen molar-refractivity contribution in [3.63, 3.8) is 0 Å². The Morgan fingerprint density at radius 1 is 1.17 bits per heavy atom. The Kier molecular flexibility index (Phi) is 3.13. The Bertz CT molecular complexity index is 731. The van der Waals surface area contributed by atoms with Crippen LogP contribution in [0.25, 0.3) is 11.0 Å². The summed E-state index contributed by atoms with van der Waals surface area (Å²) >= 11 is 0. The molecule has 0 amide bonds. The summed E-state index contributed by atoms with van der Waals surface area (Å²) in [6.07, 6.45) is 0. The Morgan fingerprint density at radius 2 is 1.89 bits per heavy atom. The van der Waals surface area contributed by atoms with Crippen molar-refractivity contribution < 1.29 is 12.8 Å². The second-order valence-electron chi connectivity index (χ2n) is 4.20. The van der Waals surface area contributed by atoms with Gasteiger partial charge in [-0.1, -0.05) is 0 Å². The van der Waals surface area contributed by atoms with Gasteiger partial charge in [0.25, 0.3) is 0 Å². The molecule has 0 aliphatic rings. The highest BCUT2D eigenvalue weighted by Crippen LogP contribution is 2.19. The summed E-state index contributed by atoms with van der Waals surface area (Å²) in [5.41, 5.74) is 0.443. The minimum Gasteiger partial charge on any atom is -0.423 e. The molecule has 1 heterocycles. The number of nitrogens with one attached hydrogen (secondary N) is 1. The van der Waals surface area contributed by atoms with E-state index in [-0.39, 0.29) is 0 Å². The highest BCUT2D eigenvalue weighted by molar-refractivity contribution is 7.93. The summed E-state index contributed by atoms with van der Waals surface area (Å²) in [7, 11) is -3.37. The first-order valence-electron chi connectivity index (χ1n) is 5.44. The largest absolute Gasteiger partial charge is 0.423 e. The lowest BCUT2D eigenvalue weighted by Gasteiger charge is -2.10. The normalized spacial score (nSPS) is 11.9. The molecule has 0 atom stereocenters. The van der Waals surface area contributed by atoms with Crippen LogP contribution in [0, 0.1) is 0 Å². The number of fused-ring (bicyclic) bond motifs is 1. The Hall–Kier alpha value is -1.82. The van der Waals surface area contributed by atoms with Crippen LogP contribution in [0.4, 0.5) is 5.69 Å². The highest BCUT2D eigenvalue weighted by Gasteiger charge is 2.15. The number of sulfonamides is 1. The van der Waals surface area contributed by atoms with Crippen molar-refractivity contribution in [2.24, 2.45) is 0 Å². The minimum absolute atomic E-state index is 0.426. The van der Waals surface area contributed by atoms with Crippen LogP contribution in [0.1, 0.15) is 13.8 Å². The predicted molar refractivity (Wildman–Crippen MR) is 70.2 cm³/mol. The van der Waals surface area contributed by atoms with E-state index in [2.05, 4.69) is 4.72 Å². The lowest BCUT2D eigenvalue weighted by atomic mass is 10.2. The molecule has 0 bridgehead atoms. The molecule has 0 saturated heterocycles. The van der Waals surface area contributed by atoms with E-state index in [1.165, 1.54) is 6.07 Å². The fraction of sp³-hybridized carbons (Fsp3) is 0.250. The van der Waals surface area contributed by atoms with Crippen LogP contribution in [0.2, 0.25) is 0 Å². The summed E-state index contributed by atoms with van der Waals surface area (Å²) in [5.74, 6) is 0. The molecule has 1 aromatic heterocycles. The van der Waals surface area contributed by atoms with Crippen LogP contribution < -0.4 is 10.3 Å². The van der Waals surface area contributed by atoms with Gasteiger partial charge in [-0.2, -0.15) is 0 Å². The molecule has 1 aromatic carbocycles. The Morgan fingerprint density at radius 3 is 2.56 bits per heavy atom. The van der Waals surface area contributed by atoms with Gasteiger partial charge in [0.15, 0.2) is 0 Å². The van der Waals surface area contributed by atoms with Gasteiger partial charge < -0.3 is 4.42 Å². The lowest BCUT2D eigenvalue weighted by Crippen LogP contribution is -2.22. The van der Waals surface area contributed by atoms with Gasteiger partial charge in [-0.3, -0.25) is 4.72 Å². The molecule has 0 aliphatic heterocycles. The zero-order valence-corrected chi connectivity index (χ0v) is 10.8. The third-order valence-electron chi connectivity index (χ3n) is 2.50. The van der Waals surface area contributed by atoms with Crippen LogP contribution in [0.5, 0.6) is 0 Å². The third kappa shape index (κ3) is 2.53. The van der Waals surface area contributed by atoms with Gasteiger partial charge in [-0.05, 0) is 38.1 Å². The maximum absolute atomic E-state index is 11.7. The Labute approximate surface area is 104 Å². The highest BCUT2D eigenvalue weighted by atomic mass is 32.2. The first kappa shape index (κ1) is 12.6. The van der Waals surface area contributed by atoms with Gasteiger partial charge in [0.2, 0.25) is 10.0 Å². The monoisotopic (exact) mass is 267 g/mol. The standard InChI is InChI=1S/C12H13NO4S/c1-8(2)18(15,16)13-10-4-5-11-9(7-10)3-6-12(14)17-11/h3-8,13H,1-2H3. The van der Waals surface area contributed by atoms with Crippen molar-refractivity contribution in [1.29, 1.82) is 0 Å². The van der Waals surface area contributed by atoms with Crippen LogP contribution in [0.15, 0.2) is 39.5 Å². The average molecular weight is 267 g/mol. The molecule has 96 valence electrons. The maximum Gasteiger partial charge on any atom is 0.336 e. The molecular weight excluding hydrogens is 254 g/mol. The maximum atomic E-state index is 11.7. The lowest BCUT2D eigenvalue weighted by molar-refractivity contribution is 0.561. The van der Waals surface area contributed by atoms with E-state index in [1.807, 2.05) is 0 Å². The molecule has 2 aromatic rings. The fourth-order valence-corrected chi connectivity index (χ4v) is 2.11. The Balaban J connectivity index is 2.43. The van der Waals surface area contributed by atoms with Crippen LogP contribution in [-0.2, 0) is 10.0 Å². The second-order valence-corrected chi connectivity index (χ2v) is 6.44. The summed E-state index contributed by atoms with van der Waals surface area (Å²) in [6, 6.07) is 7.63. The predicted octanol–water partition coefficient (Wildman–Crippen LogP) is 1.94. The van der Waals surface area contributed by atoms with Crippen LogP contribution in [0.3, 0.4) is 0 Å². The molecule has 1 N–H and O–H groups in total. The van der Waals surface area contributed by atoms with Gasteiger partial charge in [0.05, 0.1) is 5.25 Å². The summed E-state index contributed by atoms with van der Waals surface area (Å²) in [6.45, 7) is 3.20. The van der Waals surface area contributed by atoms with E-state index in [9.17, 15) is 13.2 Å². The smallest absolute Gasteiger partial charge is 0.336 e. The minimum atomic E-state index is -3.37. The summed E-state index contributed by atoms with van der Waals surface area (Å²) in [4.78, 5) is 11.0. The van der Waals surface area contributed by atoms with Crippen LogP contribution in [-0.4, -0.2) is 13.7 Å². The van der Waals surface area contributed by atoms with E-state index in [0.717, 1.165) is 0 Å². The van der Waals surface area contributed by atoms with Gasteiger partial charge in [-0.25, -0.2) is 13.2 Å². The molecule has 0 radical (unpaired) electrons. The molecule has 6 heteroatoms. The third-order valence-corrected chi connectivity index (χ3v) is 4.26. The molecular formula is C12H13NO4S. The first-order valence-corrected chi connectivity index (χ1v) is 6.99. The number of rotatable bonds is 3. The van der Waals surface area contributed by atoms with Crippen molar-refractivity contribution in [2.45, 2.75) is 19.1 Å². The van der Waals surface area contributed by atoms with Gasteiger partial charge in [0, 0.05) is 17.1 Å². The quantitative estimate of drug-likeness (QED) is 0.862. The van der Waals surface area contributed by atoms with Gasteiger partial charge >= 0.3 is 5.63 Å². The van der Waals surface area contributed by atoms with Crippen molar-refractivity contribution in [2.75, 3.05) is 4.72 Å². The number of hydrogen-bond donors (Lipinski definition) is 1. The molecule has 0 fully saturated rings. The van der Waals surface area contributed by atoms with E-state index in [1.54, 1.807) is 38.1 Å². The van der Waals surface area contributed by atoms with E-state index >= 15 is 0 Å². The van der Waals surface area contributed by atoms with Gasteiger partial charge in [-0.15, -0.1) is 0 Å². The van der Waals surface area contributed by atoms with E-state index in [0.29, 0.717) is 16.7 Å². The first-order chi connectivity index (χ1) is 8.38. The molecule has 2 rings (SSSR count). The zero-order chi connectivity index (χ0) is 13.3. The second kappa shape index (κ2) is 4.45. The van der Waals surface area contributed by atoms with Crippen LogP contribution >= 0.6 is 0 Å². The van der Waals surface area contributed by atoms with E-state index in [4.69, 9.17) is 4.42 Å². The van der Waals surface area contributed by atoms with E-state index < -0.39 is 20.9 Å². The van der Waals surface area contributed by atoms with Crippen molar-refractivity contribution in [3.8, 4) is 0 Å². The van der Waals surface area contributed by atoms with Crippen molar-refractivity contribution >= 4 is 26.7 Å². The number of hydrogen-bond acceptors (Lipinski definition) is 4. The van der Waals surface area contributed by atoms with Gasteiger partial charge in [0.1, 0.15) is 5.58 Å². The fourth-order valence-electron chi connectivity index (χ4n) is 1.42. The summed E-state index contributed by atoms with van der Waals surface area (Å²) in [5, 5.41) is 0.153. The zero-order valence-electron chi connectivity index (χ0n) is 10.0. The average Bonchev–Trinajstić information content (AvgIpc) is 2.28. The molecule has 0 spiro atoms. The number of benzene rings is 1. The molecule has 5 nitrogen and oxygen atoms in total. The topological polar surface area (TPSA) is 76.4 Å². The molecule has 0 saturated carbocycles. The SMILES string of the molecule is CC(C)S(=O)(=O)Nc1ccc2oc(=O)ccc2c1. The van der Waals surface area contributed by atoms with Crippen molar-refractivity contribution in [3.05, 3.63) is 40.8 Å². The van der Waals surface area contributed by atoms with Crippen molar-refractivity contribution in [1.82, 2.24) is 0 Å². The molecule has 0 unspecified atom stereocenters. The summed E-state index contributed by atoms with van der Waals surface area (Å²) < 4.78 is 30.8. The molecule has 0 aliphatic carbocycles.